The van der Waals surface area contributed by atoms with Crippen LogP contribution >= 0.6 is 0 Å². The van der Waals surface area contributed by atoms with E-state index in [0.717, 1.165) is 6.54 Å². The largest absolute Gasteiger partial charge is 0.294 e. The lowest BCUT2D eigenvalue weighted by atomic mass is 9.95. The molecule has 2 rings (SSSR count). The Hall–Kier alpha value is -1.60. The van der Waals surface area contributed by atoms with Gasteiger partial charge in [-0.1, -0.05) is 36.4 Å². The minimum atomic E-state index is 0.00103. The summed E-state index contributed by atoms with van der Waals surface area (Å²) in [4.78, 5) is 2.34. The van der Waals surface area contributed by atoms with Crippen LogP contribution in [-0.4, -0.2) is 17.5 Å². The Labute approximate surface area is 122 Å². The van der Waals surface area contributed by atoms with E-state index in [9.17, 15) is 0 Å². The summed E-state index contributed by atoms with van der Waals surface area (Å²) in [6, 6.07) is 11.1. The quantitative estimate of drug-likeness (QED) is 0.716. The zero-order valence-corrected chi connectivity index (χ0v) is 13.3. The lowest BCUT2D eigenvalue weighted by Gasteiger charge is -2.33. The number of benzene rings is 2. The second-order valence-electron chi connectivity index (χ2n) is 6.25. The van der Waals surface area contributed by atoms with Crippen molar-refractivity contribution in [1.29, 1.82) is 0 Å². The zero-order valence-electron chi connectivity index (χ0n) is 13.3. The molecule has 0 aliphatic rings. The highest BCUT2D eigenvalue weighted by atomic mass is 15.2. The molecule has 2 aromatic carbocycles. The normalized spacial score (nSPS) is 12.1. The van der Waals surface area contributed by atoms with Crippen LogP contribution in [0.2, 0.25) is 0 Å². The van der Waals surface area contributed by atoms with Gasteiger partial charge in [0.1, 0.15) is 0 Å². The Morgan fingerprint density at radius 3 is 2.40 bits per heavy atom. The molecule has 2 aromatic rings. The topological polar surface area (TPSA) is 3.24 Å². The van der Waals surface area contributed by atoms with Crippen molar-refractivity contribution < 1.29 is 0 Å². The molecule has 0 spiro atoms. The number of rotatable bonds is 4. The summed E-state index contributed by atoms with van der Waals surface area (Å²) in [6.45, 7) is 13.6. The molecule has 0 unspecified atom stereocenters. The van der Waals surface area contributed by atoms with E-state index >= 15 is 0 Å². The second kappa shape index (κ2) is 5.41. The molecule has 20 heavy (non-hydrogen) atoms. The Morgan fingerprint density at radius 1 is 1.10 bits per heavy atom. The maximum Gasteiger partial charge on any atom is 0.0332 e. The lowest BCUT2D eigenvalue weighted by Crippen LogP contribution is -2.38. The van der Waals surface area contributed by atoms with Gasteiger partial charge in [0.2, 0.25) is 0 Å². The van der Waals surface area contributed by atoms with Crippen LogP contribution in [0.25, 0.3) is 10.8 Å². The van der Waals surface area contributed by atoms with E-state index in [-0.39, 0.29) is 5.54 Å². The summed E-state index contributed by atoms with van der Waals surface area (Å²) in [6.07, 6.45) is 2.01. The predicted molar refractivity (Wildman–Crippen MR) is 89.2 cm³/mol. The number of hydrogen-bond acceptors (Lipinski definition) is 1. The van der Waals surface area contributed by atoms with Gasteiger partial charge >= 0.3 is 0 Å². The fourth-order valence-corrected chi connectivity index (χ4v) is 2.61. The molecule has 0 amide bonds. The van der Waals surface area contributed by atoms with E-state index in [2.05, 4.69) is 76.6 Å². The van der Waals surface area contributed by atoms with Crippen LogP contribution in [0.4, 0.5) is 0 Å². The molecule has 0 aromatic heterocycles. The van der Waals surface area contributed by atoms with Crippen molar-refractivity contribution in [2.45, 2.75) is 39.8 Å². The number of nitrogens with zero attached hydrogens (tertiary/aromatic N) is 1. The third-order valence-corrected chi connectivity index (χ3v) is 4.44. The Bertz CT molecular complexity index is 629. The fraction of sp³-hybridized carbons (Fsp3) is 0.368. The number of aryl methyl sites for hydroxylation is 2. The minimum Gasteiger partial charge on any atom is -0.294 e. The maximum absolute atomic E-state index is 3.94. The van der Waals surface area contributed by atoms with Crippen LogP contribution < -0.4 is 0 Å². The summed E-state index contributed by atoms with van der Waals surface area (Å²) in [5.74, 6) is 0. The Balaban J connectivity index is 2.49. The van der Waals surface area contributed by atoms with Crippen LogP contribution in [0.5, 0.6) is 0 Å². The van der Waals surface area contributed by atoms with Gasteiger partial charge in [0.25, 0.3) is 0 Å². The summed E-state index contributed by atoms with van der Waals surface area (Å²) < 4.78 is 0. The predicted octanol–water partition coefficient (Wildman–Crippen LogP) is 4.85. The molecule has 0 saturated heterocycles. The molecule has 0 N–H and O–H groups in total. The summed E-state index contributed by atoms with van der Waals surface area (Å²) in [7, 11) is 2.16. The van der Waals surface area contributed by atoms with Crippen molar-refractivity contribution in [3.8, 4) is 0 Å². The molecule has 0 fully saturated rings. The monoisotopic (exact) mass is 267 g/mol. The van der Waals surface area contributed by atoms with Crippen LogP contribution in [-0.2, 0) is 6.54 Å². The SMILES string of the molecule is C=CC(C)(C)N(C)Cc1ccc(C)c2c(C)cccc12. The molecule has 0 radical (unpaired) electrons. The van der Waals surface area contributed by atoms with E-state index in [1.165, 1.54) is 27.5 Å². The highest BCUT2D eigenvalue weighted by Gasteiger charge is 2.20. The zero-order chi connectivity index (χ0) is 14.9. The van der Waals surface area contributed by atoms with Gasteiger partial charge in [0.05, 0.1) is 0 Å². The van der Waals surface area contributed by atoms with E-state index < -0.39 is 0 Å². The molecular weight excluding hydrogens is 242 g/mol. The first kappa shape index (κ1) is 14.8. The minimum absolute atomic E-state index is 0.00103. The van der Waals surface area contributed by atoms with Gasteiger partial charge in [0, 0.05) is 12.1 Å². The van der Waals surface area contributed by atoms with Crippen molar-refractivity contribution in [3.05, 3.63) is 59.7 Å². The second-order valence-corrected chi connectivity index (χ2v) is 6.25. The summed E-state index contributed by atoms with van der Waals surface area (Å²) in [5, 5.41) is 2.77. The van der Waals surface area contributed by atoms with E-state index in [1.54, 1.807) is 0 Å². The van der Waals surface area contributed by atoms with Gasteiger partial charge in [-0.2, -0.15) is 0 Å². The molecule has 0 aliphatic heterocycles. The molecule has 0 atom stereocenters. The molecule has 1 heteroatoms. The van der Waals surface area contributed by atoms with Crippen LogP contribution in [0.1, 0.15) is 30.5 Å². The highest BCUT2D eigenvalue weighted by Crippen LogP contribution is 2.27. The summed E-state index contributed by atoms with van der Waals surface area (Å²) >= 11 is 0. The Kier molecular flexibility index (Phi) is 4.01. The molecular formula is C19H25N. The van der Waals surface area contributed by atoms with Gasteiger partial charge in [-0.3, -0.25) is 4.90 Å². The number of hydrogen-bond donors (Lipinski definition) is 0. The summed E-state index contributed by atoms with van der Waals surface area (Å²) in [5.41, 5.74) is 4.09. The average Bonchev–Trinajstić information content (AvgIpc) is 2.41. The highest BCUT2D eigenvalue weighted by molar-refractivity contribution is 5.91. The van der Waals surface area contributed by atoms with Crippen molar-refractivity contribution in [3.63, 3.8) is 0 Å². The fourth-order valence-electron chi connectivity index (χ4n) is 2.61. The number of likely N-dealkylation sites (N-methyl/N-ethyl adjacent to an activating group) is 1. The van der Waals surface area contributed by atoms with Crippen LogP contribution in [0, 0.1) is 13.8 Å². The van der Waals surface area contributed by atoms with Gasteiger partial charge in [-0.25, -0.2) is 0 Å². The van der Waals surface area contributed by atoms with Crippen molar-refractivity contribution in [1.82, 2.24) is 4.90 Å². The van der Waals surface area contributed by atoms with Crippen LogP contribution in [0.15, 0.2) is 43.0 Å². The van der Waals surface area contributed by atoms with Crippen molar-refractivity contribution in [2.24, 2.45) is 0 Å². The van der Waals surface area contributed by atoms with Crippen LogP contribution in [0.3, 0.4) is 0 Å². The smallest absolute Gasteiger partial charge is 0.0332 e. The van der Waals surface area contributed by atoms with Gasteiger partial charge in [-0.15, -0.1) is 6.58 Å². The first-order chi connectivity index (χ1) is 9.36. The first-order valence-electron chi connectivity index (χ1n) is 7.19. The third kappa shape index (κ3) is 2.64. The van der Waals surface area contributed by atoms with Gasteiger partial charge < -0.3 is 0 Å². The van der Waals surface area contributed by atoms with Crippen molar-refractivity contribution >= 4 is 10.8 Å². The molecule has 0 bridgehead atoms. The van der Waals surface area contributed by atoms with E-state index in [0.29, 0.717) is 0 Å². The molecule has 0 aliphatic carbocycles. The molecule has 1 nitrogen and oxygen atoms in total. The standard InChI is InChI=1S/C19H25N/c1-7-19(4,5)20(6)13-16-12-11-15(3)18-14(2)9-8-10-17(16)18/h7-12H,1,13H2,2-6H3. The number of fused-ring (bicyclic) bond motifs is 1. The molecule has 0 saturated carbocycles. The molecule has 106 valence electrons. The van der Waals surface area contributed by atoms with Gasteiger partial charge in [0.15, 0.2) is 0 Å². The van der Waals surface area contributed by atoms with E-state index in [4.69, 9.17) is 0 Å². The lowest BCUT2D eigenvalue weighted by molar-refractivity contribution is 0.197. The van der Waals surface area contributed by atoms with Crippen molar-refractivity contribution in [2.75, 3.05) is 7.05 Å². The maximum atomic E-state index is 3.94. The first-order valence-corrected chi connectivity index (χ1v) is 7.19. The third-order valence-electron chi connectivity index (χ3n) is 4.44. The Morgan fingerprint density at radius 2 is 1.75 bits per heavy atom. The average molecular weight is 267 g/mol. The van der Waals surface area contributed by atoms with E-state index in [1.807, 2.05) is 6.08 Å². The van der Waals surface area contributed by atoms with Gasteiger partial charge in [-0.05, 0) is 62.2 Å². The molecule has 0 heterocycles.